The van der Waals surface area contributed by atoms with Crippen LogP contribution < -0.4 is 23.7 Å². The van der Waals surface area contributed by atoms with Crippen molar-refractivity contribution in [3.05, 3.63) is 121 Å². The van der Waals surface area contributed by atoms with Crippen LogP contribution in [0.1, 0.15) is 88.6 Å². The van der Waals surface area contributed by atoms with Crippen LogP contribution in [0.2, 0.25) is 0 Å². The van der Waals surface area contributed by atoms with Crippen LogP contribution in [-0.4, -0.2) is 22.4 Å². The zero-order chi connectivity index (χ0) is 39.8. The minimum absolute atomic E-state index is 0.393. The van der Waals surface area contributed by atoms with Crippen molar-refractivity contribution in [2.75, 3.05) is 0 Å². The lowest BCUT2D eigenvalue weighted by molar-refractivity contribution is 0.0953. The Bertz CT molecular complexity index is 2180. The first kappa shape index (κ1) is 39.9. The monoisotopic (exact) mass is 757 g/mol. The molecule has 0 atom stereocenters. The summed E-state index contributed by atoms with van der Waals surface area (Å²) in [4.78, 5) is 3.30. The van der Waals surface area contributed by atoms with Crippen molar-refractivity contribution >= 4 is 32.4 Å². The molecule has 0 spiro atoms. The molecule has 6 aromatic carbocycles. The van der Waals surface area contributed by atoms with Gasteiger partial charge < -0.3 is 23.7 Å². The van der Waals surface area contributed by atoms with Crippen molar-refractivity contribution < 1.29 is 23.7 Å². The van der Waals surface area contributed by atoms with E-state index in [1.54, 1.807) is 0 Å². The number of fused-ring (bicyclic) bond motifs is 3. The summed E-state index contributed by atoms with van der Waals surface area (Å²) >= 11 is 0. The molecule has 288 valence electrons. The Labute approximate surface area is 331 Å². The van der Waals surface area contributed by atoms with Crippen LogP contribution in [0.3, 0.4) is 0 Å². The van der Waals surface area contributed by atoms with Gasteiger partial charge in [0.1, 0.15) is 34.8 Å². The Kier molecular flexibility index (Phi) is 11.1. The van der Waals surface area contributed by atoms with Gasteiger partial charge in [0.05, 0.1) is 10.9 Å². The molecular weight excluding hydrogens is 701 g/mol. The molecule has 0 saturated carbocycles. The fraction of sp³-hybridized carbons (Fsp3) is 0.347. The highest BCUT2D eigenvalue weighted by atomic mass is 32.2. The quantitative estimate of drug-likeness (QED) is 0.103. The Morgan fingerprint density at radius 1 is 0.400 bits per heavy atom. The molecular formula is C49H57O5S+. The standard InChI is InChI=1S/C49H57O5S/c1-46(2,3)51-42-27-25-37(30-44(42)53-48(7,8)9)55(38-26-28-43(52-47(4,5)6)45(31-38)54-49(10,11)12)36-23-21-35(22-24-36)50-32-34-29-33-17-13-14-18-39(33)41-20-16-15-19-40(34)41/h13-31H,32H2,1-12H3/q+1. The lowest BCUT2D eigenvalue weighted by Gasteiger charge is -2.28. The molecule has 6 heteroatoms. The van der Waals surface area contributed by atoms with E-state index in [2.05, 4.69) is 186 Å². The lowest BCUT2D eigenvalue weighted by atomic mass is 9.98. The summed E-state index contributed by atoms with van der Waals surface area (Å²) in [6.07, 6.45) is 0. The van der Waals surface area contributed by atoms with Gasteiger partial charge in [0.25, 0.3) is 0 Å². The Morgan fingerprint density at radius 3 is 1.31 bits per heavy atom. The smallest absolute Gasteiger partial charge is 0.170 e. The van der Waals surface area contributed by atoms with Gasteiger partial charge in [-0.3, -0.25) is 0 Å². The minimum Gasteiger partial charge on any atom is -0.489 e. The van der Waals surface area contributed by atoms with Crippen LogP contribution in [0.15, 0.2) is 130 Å². The Morgan fingerprint density at radius 2 is 0.818 bits per heavy atom. The number of ether oxygens (including phenoxy) is 5. The third-order valence-corrected chi connectivity index (χ3v) is 10.5. The summed E-state index contributed by atoms with van der Waals surface area (Å²) in [6.45, 7) is 25.1. The summed E-state index contributed by atoms with van der Waals surface area (Å²) in [5, 5.41) is 4.91. The van der Waals surface area contributed by atoms with E-state index in [9.17, 15) is 0 Å². The van der Waals surface area contributed by atoms with Gasteiger partial charge in [-0.05, 0) is 165 Å². The van der Waals surface area contributed by atoms with Crippen molar-refractivity contribution in [3.63, 3.8) is 0 Å². The molecule has 6 rings (SSSR count). The molecule has 0 saturated heterocycles. The van der Waals surface area contributed by atoms with Gasteiger partial charge in [-0.1, -0.05) is 48.5 Å². The maximum Gasteiger partial charge on any atom is 0.170 e. The van der Waals surface area contributed by atoms with Crippen LogP contribution in [-0.2, 0) is 17.5 Å². The molecule has 0 aromatic heterocycles. The van der Waals surface area contributed by atoms with Gasteiger partial charge in [-0.2, -0.15) is 0 Å². The highest BCUT2D eigenvalue weighted by molar-refractivity contribution is 7.97. The molecule has 0 radical (unpaired) electrons. The highest BCUT2D eigenvalue weighted by Crippen LogP contribution is 2.43. The van der Waals surface area contributed by atoms with Crippen LogP contribution in [0.25, 0.3) is 21.5 Å². The fourth-order valence-corrected chi connectivity index (χ4v) is 8.45. The molecule has 0 aliphatic rings. The maximum absolute atomic E-state index is 6.57. The second-order valence-electron chi connectivity index (χ2n) is 17.9. The third-order valence-electron chi connectivity index (χ3n) is 8.27. The topological polar surface area (TPSA) is 46.2 Å². The van der Waals surface area contributed by atoms with Crippen molar-refractivity contribution in [3.8, 4) is 28.7 Å². The molecule has 0 aliphatic carbocycles. The van der Waals surface area contributed by atoms with Gasteiger partial charge in [-0.25, -0.2) is 0 Å². The number of hydrogen-bond donors (Lipinski definition) is 0. The van der Waals surface area contributed by atoms with E-state index >= 15 is 0 Å². The second kappa shape index (κ2) is 15.4. The molecule has 0 N–H and O–H groups in total. The molecule has 5 nitrogen and oxygen atoms in total. The zero-order valence-corrected chi connectivity index (χ0v) is 35.4. The van der Waals surface area contributed by atoms with E-state index < -0.39 is 33.3 Å². The van der Waals surface area contributed by atoms with Gasteiger partial charge in [0.15, 0.2) is 37.7 Å². The number of benzene rings is 6. The van der Waals surface area contributed by atoms with Crippen LogP contribution >= 0.6 is 0 Å². The van der Waals surface area contributed by atoms with E-state index in [4.69, 9.17) is 23.7 Å². The van der Waals surface area contributed by atoms with Crippen molar-refractivity contribution in [1.82, 2.24) is 0 Å². The van der Waals surface area contributed by atoms with Gasteiger partial charge >= 0.3 is 0 Å². The van der Waals surface area contributed by atoms with E-state index in [0.717, 1.165) is 26.0 Å². The summed E-state index contributed by atoms with van der Waals surface area (Å²) in [5.74, 6) is 3.65. The first-order valence-electron chi connectivity index (χ1n) is 19.1. The largest absolute Gasteiger partial charge is 0.489 e. The lowest BCUT2D eigenvalue weighted by Crippen LogP contribution is -2.27. The van der Waals surface area contributed by atoms with Gasteiger partial charge in [0.2, 0.25) is 0 Å². The zero-order valence-electron chi connectivity index (χ0n) is 34.6. The van der Waals surface area contributed by atoms with E-state index in [1.807, 2.05) is 12.1 Å². The molecule has 0 bridgehead atoms. The molecule has 0 heterocycles. The van der Waals surface area contributed by atoms with E-state index in [0.29, 0.717) is 29.6 Å². The third kappa shape index (κ3) is 10.5. The molecule has 0 fully saturated rings. The fourth-order valence-electron chi connectivity index (χ4n) is 6.37. The van der Waals surface area contributed by atoms with E-state index in [-0.39, 0.29) is 0 Å². The summed E-state index contributed by atoms with van der Waals surface area (Å²) in [5.41, 5.74) is -0.484. The first-order valence-corrected chi connectivity index (χ1v) is 20.3. The average Bonchev–Trinajstić information content (AvgIpc) is 3.07. The molecule has 55 heavy (non-hydrogen) atoms. The predicted molar refractivity (Wildman–Crippen MR) is 229 cm³/mol. The SMILES string of the molecule is CC(C)(C)Oc1ccc([S+](c2ccc(OCc3cc4ccccc4c4ccccc34)cc2)c2ccc(OC(C)(C)C)c(OC(C)(C)C)c2)cc1OC(C)(C)C. The van der Waals surface area contributed by atoms with Gasteiger partial charge in [-0.15, -0.1) is 0 Å². The molecule has 0 aliphatic heterocycles. The number of rotatable bonds is 10. The normalized spacial score (nSPS) is 12.6. The average molecular weight is 758 g/mol. The van der Waals surface area contributed by atoms with Crippen LogP contribution in [0.4, 0.5) is 0 Å². The molecule has 0 amide bonds. The van der Waals surface area contributed by atoms with E-state index in [1.165, 1.54) is 21.5 Å². The van der Waals surface area contributed by atoms with Crippen molar-refractivity contribution in [1.29, 1.82) is 0 Å². The summed E-state index contributed by atoms with van der Waals surface area (Å²) < 4.78 is 32.5. The van der Waals surface area contributed by atoms with Crippen molar-refractivity contribution in [2.45, 2.75) is 127 Å². The van der Waals surface area contributed by atoms with Crippen LogP contribution in [0, 0.1) is 0 Å². The highest BCUT2D eigenvalue weighted by Gasteiger charge is 2.34. The molecule has 6 aromatic rings. The Balaban J connectivity index is 1.41. The summed E-state index contributed by atoms with van der Waals surface area (Å²) in [7, 11) is -0.564. The summed E-state index contributed by atoms with van der Waals surface area (Å²) in [6, 6.07) is 40.5. The molecule has 0 unspecified atom stereocenters. The maximum atomic E-state index is 6.57. The predicted octanol–water partition coefficient (Wildman–Crippen LogP) is 13.4. The van der Waals surface area contributed by atoms with Crippen molar-refractivity contribution in [2.24, 2.45) is 0 Å². The minimum atomic E-state index is -0.564. The second-order valence-corrected chi connectivity index (χ2v) is 20.0. The first-order chi connectivity index (χ1) is 25.7. The van der Waals surface area contributed by atoms with Crippen LogP contribution in [0.5, 0.6) is 28.7 Å². The van der Waals surface area contributed by atoms with Gasteiger partial charge in [0, 0.05) is 12.1 Å². The number of hydrogen-bond acceptors (Lipinski definition) is 5. The Hall–Kier alpha value is -4.81.